The van der Waals surface area contributed by atoms with Crippen molar-refractivity contribution in [1.29, 1.82) is 0 Å². The number of rotatable bonds is 1. The first-order valence-corrected chi connectivity index (χ1v) is 5.88. The molecule has 0 nitrogen and oxygen atoms in total. The monoisotopic (exact) mass is 222 g/mol. The van der Waals surface area contributed by atoms with Crippen LogP contribution in [0.15, 0.2) is 18.2 Å². The first kappa shape index (κ1) is 13.2. The lowest BCUT2D eigenvalue weighted by molar-refractivity contribution is 0.401. The predicted molar refractivity (Wildman–Crippen MR) is 68.3 cm³/mol. The molecule has 1 aromatic rings. The van der Waals surface area contributed by atoms with Crippen LogP contribution < -0.4 is 0 Å². The quantitative estimate of drug-likeness (QED) is 0.645. The lowest BCUT2D eigenvalue weighted by Crippen LogP contribution is -2.15. The molecule has 0 bridgehead atoms. The molecule has 0 atom stereocenters. The summed E-state index contributed by atoms with van der Waals surface area (Å²) in [5.74, 6) is -0.0806. The Balaban J connectivity index is 3.10. The van der Waals surface area contributed by atoms with Crippen molar-refractivity contribution in [3.05, 3.63) is 35.1 Å². The molecule has 0 aliphatic carbocycles. The SMILES string of the molecule is CC(C)(C)Cc1cc(C(C)(C)C)ccc1F. The summed E-state index contributed by atoms with van der Waals surface area (Å²) in [4.78, 5) is 0. The Morgan fingerprint density at radius 3 is 2.00 bits per heavy atom. The van der Waals surface area contributed by atoms with E-state index in [4.69, 9.17) is 0 Å². The topological polar surface area (TPSA) is 0 Å². The van der Waals surface area contributed by atoms with Gasteiger partial charge < -0.3 is 0 Å². The van der Waals surface area contributed by atoms with E-state index in [9.17, 15) is 4.39 Å². The Labute approximate surface area is 98.9 Å². The van der Waals surface area contributed by atoms with Crippen molar-refractivity contribution in [2.45, 2.75) is 53.4 Å². The van der Waals surface area contributed by atoms with Gasteiger partial charge in [0, 0.05) is 0 Å². The molecule has 1 heteroatoms. The summed E-state index contributed by atoms with van der Waals surface area (Å²) in [5.41, 5.74) is 2.24. The number of hydrogen-bond donors (Lipinski definition) is 0. The summed E-state index contributed by atoms with van der Waals surface area (Å²) in [7, 11) is 0. The van der Waals surface area contributed by atoms with Crippen LogP contribution in [0.3, 0.4) is 0 Å². The van der Waals surface area contributed by atoms with Gasteiger partial charge >= 0.3 is 0 Å². The molecule has 0 aromatic heterocycles. The molecule has 0 unspecified atom stereocenters. The highest BCUT2D eigenvalue weighted by molar-refractivity contribution is 5.30. The summed E-state index contributed by atoms with van der Waals surface area (Å²) in [5, 5.41) is 0. The molecule has 0 N–H and O–H groups in total. The summed E-state index contributed by atoms with van der Waals surface area (Å²) in [6.45, 7) is 12.9. The molecule has 1 rings (SSSR count). The molecule has 0 saturated carbocycles. The maximum absolute atomic E-state index is 13.7. The van der Waals surface area contributed by atoms with E-state index in [1.165, 1.54) is 5.56 Å². The van der Waals surface area contributed by atoms with Gasteiger partial charge in [-0.25, -0.2) is 4.39 Å². The first-order valence-electron chi connectivity index (χ1n) is 5.88. The summed E-state index contributed by atoms with van der Waals surface area (Å²) in [6, 6.07) is 5.50. The molecule has 0 amide bonds. The fourth-order valence-electron chi connectivity index (χ4n) is 1.75. The lowest BCUT2D eigenvalue weighted by Gasteiger charge is -2.23. The third kappa shape index (κ3) is 3.62. The molecule has 90 valence electrons. The number of halogens is 1. The third-order valence-electron chi connectivity index (χ3n) is 2.63. The van der Waals surface area contributed by atoms with Crippen molar-refractivity contribution in [3.63, 3.8) is 0 Å². The molecule has 0 heterocycles. The molecule has 0 spiro atoms. The van der Waals surface area contributed by atoms with Gasteiger partial charge in [0.25, 0.3) is 0 Å². The van der Waals surface area contributed by atoms with Crippen LogP contribution in [-0.4, -0.2) is 0 Å². The van der Waals surface area contributed by atoms with Crippen molar-refractivity contribution in [3.8, 4) is 0 Å². The Morgan fingerprint density at radius 1 is 1.00 bits per heavy atom. The minimum atomic E-state index is -0.0806. The van der Waals surface area contributed by atoms with Gasteiger partial charge in [-0.3, -0.25) is 0 Å². The Kier molecular flexibility index (Phi) is 3.47. The smallest absolute Gasteiger partial charge is 0.126 e. The van der Waals surface area contributed by atoms with Gasteiger partial charge in [0.05, 0.1) is 0 Å². The van der Waals surface area contributed by atoms with Crippen LogP contribution >= 0.6 is 0 Å². The fraction of sp³-hybridized carbons (Fsp3) is 0.600. The zero-order chi connectivity index (χ0) is 12.6. The van der Waals surface area contributed by atoms with Gasteiger partial charge in [-0.05, 0) is 34.4 Å². The summed E-state index contributed by atoms with van der Waals surface area (Å²) in [6.07, 6.45) is 0.781. The largest absolute Gasteiger partial charge is 0.207 e. The third-order valence-corrected chi connectivity index (χ3v) is 2.63. The molecule has 0 saturated heterocycles. The highest BCUT2D eigenvalue weighted by Gasteiger charge is 2.18. The average molecular weight is 222 g/mol. The fourth-order valence-corrected chi connectivity index (χ4v) is 1.75. The van der Waals surface area contributed by atoms with Crippen LogP contribution in [0.2, 0.25) is 0 Å². The van der Waals surface area contributed by atoms with Gasteiger partial charge in [0.1, 0.15) is 5.82 Å². The molecule has 0 radical (unpaired) electrons. The zero-order valence-corrected chi connectivity index (χ0v) is 11.3. The predicted octanol–water partition coefficient (Wildman–Crippen LogP) is 4.71. The molecular weight excluding hydrogens is 199 g/mol. The Hall–Kier alpha value is -0.850. The van der Waals surface area contributed by atoms with E-state index >= 15 is 0 Å². The zero-order valence-electron chi connectivity index (χ0n) is 11.3. The molecule has 16 heavy (non-hydrogen) atoms. The second-order valence-corrected chi connectivity index (χ2v) is 6.79. The van der Waals surface area contributed by atoms with Crippen LogP contribution in [0.1, 0.15) is 52.7 Å². The van der Waals surface area contributed by atoms with Crippen molar-refractivity contribution in [2.75, 3.05) is 0 Å². The molecule has 0 aliphatic rings. The van der Waals surface area contributed by atoms with E-state index in [-0.39, 0.29) is 16.6 Å². The van der Waals surface area contributed by atoms with Crippen LogP contribution in [0.5, 0.6) is 0 Å². The van der Waals surface area contributed by atoms with Gasteiger partial charge in [0.2, 0.25) is 0 Å². The highest BCUT2D eigenvalue weighted by atomic mass is 19.1. The van der Waals surface area contributed by atoms with Gasteiger partial charge in [-0.2, -0.15) is 0 Å². The maximum atomic E-state index is 13.7. The van der Waals surface area contributed by atoms with E-state index in [2.05, 4.69) is 41.5 Å². The van der Waals surface area contributed by atoms with E-state index in [1.807, 2.05) is 12.1 Å². The van der Waals surface area contributed by atoms with Crippen LogP contribution in [0, 0.1) is 11.2 Å². The second kappa shape index (κ2) is 4.20. The standard InChI is InChI=1S/C15H23F/c1-14(2,3)10-11-9-12(15(4,5)6)7-8-13(11)16/h7-9H,10H2,1-6H3. The summed E-state index contributed by atoms with van der Waals surface area (Å²) < 4.78 is 13.7. The molecule has 0 aliphatic heterocycles. The Bertz CT molecular complexity index is 364. The van der Waals surface area contributed by atoms with E-state index in [0.717, 1.165) is 12.0 Å². The normalized spacial score (nSPS) is 12.9. The van der Waals surface area contributed by atoms with Crippen molar-refractivity contribution < 1.29 is 4.39 Å². The van der Waals surface area contributed by atoms with Crippen molar-refractivity contribution in [1.82, 2.24) is 0 Å². The Morgan fingerprint density at radius 2 is 1.56 bits per heavy atom. The van der Waals surface area contributed by atoms with E-state index in [0.29, 0.717) is 0 Å². The first-order chi connectivity index (χ1) is 7.09. The van der Waals surface area contributed by atoms with Crippen LogP contribution in [0.25, 0.3) is 0 Å². The van der Waals surface area contributed by atoms with Crippen LogP contribution in [-0.2, 0) is 11.8 Å². The summed E-state index contributed by atoms with van der Waals surface area (Å²) >= 11 is 0. The molecule has 1 aromatic carbocycles. The van der Waals surface area contributed by atoms with E-state index < -0.39 is 0 Å². The molecular formula is C15H23F. The van der Waals surface area contributed by atoms with Crippen molar-refractivity contribution in [2.24, 2.45) is 5.41 Å². The average Bonchev–Trinajstić information content (AvgIpc) is 2.04. The van der Waals surface area contributed by atoms with E-state index in [1.54, 1.807) is 6.07 Å². The minimum absolute atomic E-state index is 0.0806. The maximum Gasteiger partial charge on any atom is 0.126 e. The van der Waals surface area contributed by atoms with Crippen LogP contribution in [0.4, 0.5) is 4.39 Å². The van der Waals surface area contributed by atoms with Crippen molar-refractivity contribution >= 4 is 0 Å². The number of hydrogen-bond acceptors (Lipinski definition) is 0. The van der Waals surface area contributed by atoms with Gasteiger partial charge in [-0.1, -0.05) is 53.7 Å². The van der Waals surface area contributed by atoms with Gasteiger partial charge in [-0.15, -0.1) is 0 Å². The van der Waals surface area contributed by atoms with Gasteiger partial charge in [0.15, 0.2) is 0 Å². The highest BCUT2D eigenvalue weighted by Crippen LogP contribution is 2.28. The lowest BCUT2D eigenvalue weighted by atomic mass is 9.82. The second-order valence-electron chi connectivity index (χ2n) is 6.79. The number of benzene rings is 1. The molecule has 0 fully saturated rings. The minimum Gasteiger partial charge on any atom is -0.207 e.